The van der Waals surface area contributed by atoms with Gasteiger partial charge in [-0.2, -0.15) is 0 Å². The Morgan fingerprint density at radius 2 is 1.74 bits per heavy atom. The highest BCUT2D eigenvalue weighted by Gasteiger charge is 2.27. The zero-order valence-corrected chi connectivity index (χ0v) is 13.2. The van der Waals surface area contributed by atoms with Gasteiger partial charge >= 0.3 is 0 Å². The molecule has 1 saturated carbocycles. The molecule has 0 spiro atoms. The second-order valence-corrected chi connectivity index (χ2v) is 7.93. The molecule has 2 rings (SSSR count). The van der Waals surface area contributed by atoms with Crippen LogP contribution in [0.15, 0.2) is 24.3 Å². The molecule has 0 aliphatic heterocycles. The van der Waals surface area contributed by atoms with Gasteiger partial charge in [0.05, 0.1) is 0 Å². The Kier molecular flexibility index (Phi) is 3.94. The summed E-state index contributed by atoms with van der Waals surface area (Å²) in [7, 11) is 0. The number of hydrogen-bond donors (Lipinski definition) is 1. The minimum absolute atomic E-state index is 0.241. The lowest BCUT2D eigenvalue weighted by Gasteiger charge is -2.36. The van der Waals surface area contributed by atoms with Crippen LogP contribution in [0.5, 0.6) is 0 Å². The van der Waals surface area contributed by atoms with Gasteiger partial charge in [-0.1, -0.05) is 53.2 Å². The van der Waals surface area contributed by atoms with Crippen LogP contribution in [0.4, 0.5) is 5.69 Å². The zero-order valence-electron chi connectivity index (χ0n) is 13.2. The van der Waals surface area contributed by atoms with Gasteiger partial charge in [0.1, 0.15) is 0 Å². The van der Waals surface area contributed by atoms with E-state index in [2.05, 4.69) is 64.2 Å². The summed E-state index contributed by atoms with van der Waals surface area (Å²) in [5.41, 5.74) is 3.42. The van der Waals surface area contributed by atoms with Gasteiger partial charge in [0, 0.05) is 11.7 Å². The van der Waals surface area contributed by atoms with Crippen LogP contribution in [-0.2, 0) is 5.41 Å². The van der Waals surface area contributed by atoms with E-state index in [1.54, 1.807) is 0 Å². The van der Waals surface area contributed by atoms with Crippen LogP contribution in [0.1, 0.15) is 65.9 Å². The van der Waals surface area contributed by atoms with E-state index in [1.165, 1.54) is 36.9 Å². The first-order valence-electron chi connectivity index (χ1n) is 7.63. The van der Waals surface area contributed by atoms with Gasteiger partial charge in [0.25, 0.3) is 0 Å². The van der Waals surface area contributed by atoms with E-state index in [1.807, 2.05) is 0 Å². The number of anilines is 1. The fraction of sp³-hybridized carbons (Fsp3) is 0.667. The number of nitrogens with one attached hydrogen (secondary N) is 1. The predicted molar refractivity (Wildman–Crippen MR) is 84.8 cm³/mol. The molecule has 1 aromatic rings. The molecule has 19 heavy (non-hydrogen) atoms. The molecule has 1 aromatic carbocycles. The Morgan fingerprint density at radius 3 is 2.26 bits per heavy atom. The highest BCUT2D eigenvalue weighted by Crippen LogP contribution is 2.36. The first-order chi connectivity index (χ1) is 8.76. The Labute approximate surface area is 118 Å². The van der Waals surface area contributed by atoms with Gasteiger partial charge in [0.15, 0.2) is 0 Å². The average Bonchev–Trinajstić information content (AvgIpc) is 2.27. The molecule has 1 N–H and O–H groups in total. The van der Waals surface area contributed by atoms with Crippen LogP contribution >= 0.6 is 0 Å². The quantitative estimate of drug-likeness (QED) is 0.753. The summed E-state index contributed by atoms with van der Waals surface area (Å²) in [6, 6.07) is 9.64. The third-order valence-electron chi connectivity index (χ3n) is 4.33. The summed E-state index contributed by atoms with van der Waals surface area (Å²) in [6.45, 7) is 11.6. The van der Waals surface area contributed by atoms with Gasteiger partial charge in [-0.3, -0.25) is 0 Å². The molecule has 1 heteroatoms. The van der Waals surface area contributed by atoms with Gasteiger partial charge in [0.2, 0.25) is 0 Å². The Bertz CT molecular complexity index is 408. The van der Waals surface area contributed by atoms with E-state index in [0.29, 0.717) is 11.5 Å². The molecule has 0 heterocycles. The van der Waals surface area contributed by atoms with Gasteiger partial charge in [-0.15, -0.1) is 0 Å². The van der Waals surface area contributed by atoms with Crippen molar-refractivity contribution in [1.82, 2.24) is 0 Å². The standard InChI is InChI=1S/C18H29N/c1-17(2,3)14-8-10-15(11-9-14)19-16-7-6-12-18(4,5)13-16/h8-11,16,19H,6-7,12-13H2,1-5H3. The lowest BCUT2D eigenvalue weighted by atomic mass is 9.75. The molecular formula is C18H29N. The van der Waals surface area contributed by atoms with E-state index < -0.39 is 0 Å². The van der Waals surface area contributed by atoms with Crippen LogP contribution in [0, 0.1) is 5.41 Å². The summed E-state index contributed by atoms with van der Waals surface area (Å²) in [5.74, 6) is 0. The maximum absolute atomic E-state index is 3.72. The molecular weight excluding hydrogens is 230 g/mol. The van der Waals surface area contributed by atoms with Crippen molar-refractivity contribution in [3.8, 4) is 0 Å². The normalized spacial score (nSPS) is 23.1. The molecule has 1 fully saturated rings. The third kappa shape index (κ3) is 3.99. The molecule has 1 unspecified atom stereocenters. The highest BCUT2D eigenvalue weighted by atomic mass is 14.9. The first kappa shape index (κ1) is 14.4. The minimum atomic E-state index is 0.241. The molecule has 0 radical (unpaired) electrons. The molecule has 0 bridgehead atoms. The molecule has 1 aliphatic rings. The monoisotopic (exact) mass is 259 g/mol. The second-order valence-electron chi connectivity index (χ2n) is 7.93. The molecule has 1 atom stereocenters. The highest BCUT2D eigenvalue weighted by molar-refractivity contribution is 5.46. The number of rotatable bonds is 2. The zero-order chi connectivity index (χ0) is 14.1. The van der Waals surface area contributed by atoms with E-state index >= 15 is 0 Å². The fourth-order valence-corrected chi connectivity index (χ4v) is 3.12. The van der Waals surface area contributed by atoms with Gasteiger partial charge < -0.3 is 5.32 Å². The largest absolute Gasteiger partial charge is 0.382 e. The van der Waals surface area contributed by atoms with Crippen molar-refractivity contribution in [2.75, 3.05) is 5.32 Å². The molecule has 0 aromatic heterocycles. The number of benzene rings is 1. The predicted octanol–water partition coefficient (Wildman–Crippen LogP) is 5.36. The van der Waals surface area contributed by atoms with E-state index in [9.17, 15) is 0 Å². The van der Waals surface area contributed by atoms with Gasteiger partial charge in [-0.25, -0.2) is 0 Å². The molecule has 106 valence electrons. The summed E-state index contributed by atoms with van der Waals surface area (Å²) in [6.07, 6.45) is 5.32. The van der Waals surface area contributed by atoms with Crippen LogP contribution in [0.25, 0.3) is 0 Å². The van der Waals surface area contributed by atoms with Crippen molar-refractivity contribution in [2.45, 2.75) is 71.8 Å². The Morgan fingerprint density at radius 1 is 1.11 bits per heavy atom. The van der Waals surface area contributed by atoms with Crippen LogP contribution in [0.2, 0.25) is 0 Å². The van der Waals surface area contributed by atoms with Crippen LogP contribution in [-0.4, -0.2) is 6.04 Å². The van der Waals surface area contributed by atoms with Crippen LogP contribution in [0.3, 0.4) is 0 Å². The SMILES string of the molecule is CC1(C)CCCC(Nc2ccc(C(C)(C)C)cc2)C1. The van der Waals surface area contributed by atoms with Crippen molar-refractivity contribution in [2.24, 2.45) is 5.41 Å². The van der Waals surface area contributed by atoms with E-state index in [4.69, 9.17) is 0 Å². The smallest absolute Gasteiger partial charge is 0.0342 e. The van der Waals surface area contributed by atoms with Crippen LogP contribution < -0.4 is 5.32 Å². The average molecular weight is 259 g/mol. The second kappa shape index (κ2) is 5.19. The van der Waals surface area contributed by atoms with Crippen molar-refractivity contribution in [1.29, 1.82) is 0 Å². The molecule has 0 saturated heterocycles. The molecule has 1 aliphatic carbocycles. The third-order valence-corrected chi connectivity index (χ3v) is 4.33. The topological polar surface area (TPSA) is 12.0 Å². The fourth-order valence-electron chi connectivity index (χ4n) is 3.12. The number of hydrogen-bond acceptors (Lipinski definition) is 1. The minimum Gasteiger partial charge on any atom is -0.382 e. The molecule has 0 amide bonds. The van der Waals surface area contributed by atoms with E-state index in [0.717, 1.165) is 0 Å². The first-order valence-corrected chi connectivity index (χ1v) is 7.63. The lowest BCUT2D eigenvalue weighted by molar-refractivity contribution is 0.229. The maximum Gasteiger partial charge on any atom is 0.0342 e. The van der Waals surface area contributed by atoms with Crippen molar-refractivity contribution in [3.63, 3.8) is 0 Å². The van der Waals surface area contributed by atoms with Crippen molar-refractivity contribution in [3.05, 3.63) is 29.8 Å². The lowest BCUT2D eigenvalue weighted by Crippen LogP contribution is -2.31. The maximum atomic E-state index is 3.72. The van der Waals surface area contributed by atoms with Crippen molar-refractivity contribution < 1.29 is 0 Å². The summed E-state index contributed by atoms with van der Waals surface area (Å²) in [5, 5.41) is 3.72. The van der Waals surface area contributed by atoms with E-state index in [-0.39, 0.29) is 5.41 Å². The molecule has 1 nitrogen and oxygen atoms in total. The van der Waals surface area contributed by atoms with Gasteiger partial charge in [-0.05, 0) is 47.8 Å². The summed E-state index contributed by atoms with van der Waals surface area (Å²) < 4.78 is 0. The Hall–Kier alpha value is -0.980. The summed E-state index contributed by atoms with van der Waals surface area (Å²) in [4.78, 5) is 0. The summed E-state index contributed by atoms with van der Waals surface area (Å²) >= 11 is 0. The Balaban J connectivity index is 2.00. The van der Waals surface area contributed by atoms with Crippen molar-refractivity contribution >= 4 is 5.69 Å².